The second kappa shape index (κ2) is 9.01. The predicted octanol–water partition coefficient (Wildman–Crippen LogP) is 1.76. The van der Waals surface area contributed by atoms with E-state index < -0.39 is 0 Å². The number of amides is 1. The standard InChI is InChI=1S/C16H31N3OS/c1-17-8-4-3-5-15(17)6-7-16(20)19-11-9-18(10-12-19)13-14-21-2/h15H,3-14H2,1-2H3/t15-/m0/s1. The molecule has 5 heteroatoms. The second-order valence-corrected chi connectivity index (χ2v) is 7.37. The van der Waals surface area contributed by atoms with Crippen LogP contribution in [0.15, 0.2) is 0 Å². The molecule has 1 amide bonds. The van der Waals surface area contributed by atoms with Gasteiger partial charge in [0.1, 0.15) is 0 Å². The van der Waals surface area contributed by atoms with E-state index in [0.717, 1.165) is 45.6 Å². The maximum atomic E-state index is 12.4. The van der Waals surface area contributed by atoms with Crippen LogP contribution >= 0.6 is 11.8 Å². The molecule has 4 nitrogen and oxygen atoms in total. The lowest BCUT2D eigenvalue weighted by atomic mass is 9.98. The lowest BCUT2D eigenvalue weighted by Crippen LogP contribution is -2.49. The fraction of sp³-hybridized carbons (Fsp3) is 0.938. The SMILES string of the molecule is CSCCN1CCN(C(=O)CC[C@@H]2CCCCN2C)CC1. The number of hydrogen-bond acceptors (Lipinski definition) is 4. The van der Waals surface area contributed by atoms with Gasteiger partial charge in [0.25, 0.3) is 0 Å². The van der Waals surface area contributed by atoms with Crippen molar-refractivity contribution in [1.29, 1.82) is 0 Å². The second-order valence-electron chi connectivity index (χ2n) is 6.38. The largest absolute Gasteiger partial charge is 0.340 e. The number of likely N-dealkylation sites (tertiary alicyclic amines) is 1. The molecule has 2 fully saturated rings. The summed E-state index contributed by atoms with van der Waals surface area (Å²) in [4.78, 5) is 19.4. The zero-order valence-corrected chi connectivity index (χ0v) is 14.5. The summed E-state index contributed by atoms with van der Waals surface area (Å²) in [7, 11) is 2.21. The van der Waals surface area contributed by atoms with E-state index in [1.165, 1.54) is 31.6 Å². The van der Waals surface area contributed by atoms with Gasteiger partial charge in [0.2, 0.25) is 5.91 Å². The van der Waals surface area contributed by atoms with Crippen LogP contribution in [0.4, 0.5) is 0 Å². The zero-order chi connectivity index (χ0) is 15.1. The Morgan fingerprint density at radius 2 is 1.90 bits per heavy atom. The van der Waals surface area contributed by atoms with Crippen molar-refractivity contribution in [2.45, 2.75) is 38.1 Å². The van der Waals surface area contributed by atoms with Crippen molar-refractivity contribution < 1.29 is 4.79 Å². The Morgan fingerprint density at radius 1 is 1.14 bits per heavy atom. The van der Waals surface area contributed by atoms with Gasteiger partial charge in [0.05, 0.1) is 0 Å². The molecule has 0 bridgehead atoms. The van der Waals surface area contributed by atoms with Gasteiger partial charge in [-0.15, -0.1) is 0 Å². The van der Waals surface area contributed by atoms with Crippen LogP contribution in [0.2, 0.25) is 0 Å². The van der Waals surface area contributed by atoms with Crippen molar-refractivity contribution in [3.05, 3.63) is 0 Å². The molecule has 0 aromatic rings. The normalized spacial score (nSPS) is 25.2. The minimum absolute atomic E-state index is 0.374. The third-order valence-corrected chi connectivity index (χ3v) is 5.54. The lowest BCUT2D eigenvalue weighted by molar-refractivity contribution is -0.133. The summed E-state index contributed by atoms with van der Waals surface area (Å²) in [6, 6.07) is 0.630. The van der Waals surface area contributed by atoms with Gasteiger partial charge in [-0.1, -0.05) is 6.42 Å². The Morgan fingerprint density at radius 3 is 2.57 bits per heavy atom. The molecule has 0 aromatic carbocycles. The monoisotopic (exact) mass is 313 g/mol. The lowest BCUT2D eigenvalue weighted by Gasteiger charge is -2.36. The van der Waals surface area contributed by atoms with Crippen molar-refractivity contribution in [2.75, 3.05) is 58.3 Å². The van der Waals surface area contributed by atoms with Gasteiger partial charge < -0.3 is 9.80 Å². The number of piperazine rings is 1. The number of hydrogen-bond donors (Lipinski definition) is 0. The number of thioether (sulfide) groups is 1. The van der Waals surface area contributed by atoms with E-state index in [0.29, 0.717) is 11.9 Å². The summed E-state index contributed by atoms with van der Waals surface area (Å²) >= 11 is 1.90. The van der Waals surface area contributed by atoms with Crippen LogP contribution in [0.1, 0.15) is 32.1 Å². The van der Waals surface area contributed by atoms with Gasteiger partial charge in [-0.25, -0.2) is 0 Å². The van der Waals surface area contributed by atoms with Crippen LogP contribution in [0, 0.1) is 0 Å². The van der Waals surface area contributed by atoms with Crippen molar-refractivity contribution in [3.8, 4) is 0 Å². The topological polar surface area (TPSA) is 26.8 Å². The highest BCUT2D eigenvalue weighted by Gasteiger charge is 2.23. The van der Waals surface area contributed by atoms with Crippen molar-refractivity contribution in [1.82, 2.24) is 14.7 Å². The molecular weight excluding hydrogens is 282 g/mol. The van der Waals surface area contributed by atoms with Crippen LogP contribution < -0.4 is 0 Å². The Kier molecular flexibility index (Phi) is 7.34. The van der Waals surface area contributed by atoms with Gasteiger partial charge in [-0.05, 0) is 39.1 Å². The predicted molar refractivity (Wildman–Crippen MR) is 90.9 cm³/mol. The third kappa shape index (κ3) is 5.46. The van der Waals surface area contributed by atoms with Crippen LogP contribution in [-0.2, 0) is 4.79 Å². The van der Waals surface area contributed by atoms with Gasteiger partial charge >= 0.3 is 0 Å². The van der Waals surface area contributed by atoms with Crippen LogP contribution in [-0.4, -0.2) is 85.0 Å². The Labute approximate surface area is 134 Å². The van der Waals surface area contributed by atoms with E-state index >= 15 is 0 Å². The van der Waals surface area contributed by atoms with Gasteiger partial charge in [-0.3, -0.25) is 9.69 Å². The molecule has 2 saturated heterocycles. The van der Waals surface area contributed by atoms with Gasteiger partial charge in [0.15, 0.2) is 0 Å². The van der Waals surface area contributed by atoms with Crippen LogP contribution in [0.3, 0.4) is 0 Å². The Balaban J connectivity index is 1.65. The Bertz CT molecular complexity index is 319. The molecule has 2 heterocycles. The molecule has 2 aliphatic rings. The molecule has 2 rings (SSSR count). The smallest absolute Gasteiger partial charge is 0.222 e. The maximum absolute atomic E-state index is 12.4. The molecule has 2 aliphatic heterocycles. The summed E-state index contributed by atoms with van der Waals surface area (Å²) in [6.45, 7) is 6.32. The average molecular weight is 314 g/mol. The maximum Gasteiger partial charge on any atom is 0.222 e. The molecule has 0 spiro atoms. The first kappa shape index (κ1) is 17.1. The molecule has 122 valence electrons. The fourth-order valence-corrected chi connectivity index (χ4v) is 3.84. The number of piperidine rings is 1. The van der Waals surface area contributed by atoms with E-state index in [1.807, 2.05) is 11.8 Å². The van der Waals surface area contributed by atoms with E-state index in [4.69, 9.17) is 0 Å². The molecule has 0 aromatic heterocycles. The van der Waals surface area contributed by atoms with E-state index in [9.17, 15) is 4.79 Å². The van der Waals surface area contributed by atoms with E-state index in [1.54, 1.807) is 0 Å². The van der Waals surface area contributed by atoms with Crippen LogP contribution in [0.5, 0.6) is 0 Å². The molecule has 0 saturated carbocycles. The minimum Gasteiger partial charge on any atom is -0.340 e. The number of rotatable bonds is 6. The van der Waals surface area contributed by atoms with Crippen molar-refractivity contribution in [2.24, 2.45) is 0 Å². The number of carbonyl (C=O) groups excluding carboxylic acids is 1. The molecule has 0 unspecified atom stereocenters. The summed E-state index contributed by atoms with van der Waals surface area (Å²) in [5.41, 5.74) is 0. The highest BCUT2D eigenvalue weighted by Crippen LogP contribution is 2.19. The molecule has 21 heavy (non-hydrogen) atoms. The molecule has 0 N–H and O–H groups in total. The van der Waals surface area contributed by atoms with Crippen molar-refractivity contribution in [3.63, 3.8) is 0 Å². The summed E-state index contributed by atoms with van der Waals surface area (Å²) in [6.07, 6.45) is 7.85. The number of nitrogens with zero attached hydrogens (tertiary/aromatic N) is 3. The van der Waals surface area contributed by atoms with Crippen LogP contribution in [0.25, 0.3) is 0 Å². The molecule has 0 aliphatic carbocycles. The zero-order valence-electron chi connectivity index (χ0n) is 13.7. The summed E-state index contributed by atoms with van der Waals surface area (Å²) in [5, 5.41) is 0. The first-order valence-corrected chi connectivity index (χ1v) is 9.79. The fourth-order valence-electron chi connectivity index (χ4n) is 3.40. The average Bonchev–Trinajstić information content (AvgIpc) is 2.52. The summed E-state index contributed by atoms with van der Waals surface area (Å²) in [5.74, 6) is 1.57. The third-order valence-electron chi connectivity index (χ3n) is 4.95. The first-order valence-electron chi connectivity index (χ1n) is 8.40. The summed E-state index contributed by atoms with van der Waals surface area (Å²) < 4.78 is 0. The first-order chi connectivity index (χ1) is 10.2. The van der Waals surface area contributed by atoms with E-state index in [2.05, 4.69) is 28.0 Å². The van der Waals surface area contributed by atoms with Gasteiger partial charge in [-0.2, -0.15) is 11.8 Å². The molecule has 0 radical (unpaired) electrons. The highest BCUT2D eigenvalue weighted by molar-refractivity contribution is 7.98. The number of carbonyl (C=O) groups is 1. The Hall–Kier alpha value is -0.260. The molecular formula is C16H31N3OS. The van der Waals surface area contributed by atoms with Crippen molar-refractivity contribution >= 4 is 17.7 Å². The molecule has 1 atom stereocenters. The quantitative estimate of drug-likeness (QED) is 0.746. The highest BCUT2D eigenvalue weighted by atomic mass is 32.2. The van der Waals surface area contributed by atoms with E-state index in [-0.39, 0.29) is 0 Å². The van der Waals surface area contributed by atoms with Gasteiger partial charge in [0, 0.05) is 50.9 Å². The minimum atomic E-state index is 0.374.